The molecule has 0 unspecified atom stereocenters. The molecular weight excluding hydrogens is 1580 g/mol. The quantitative estimate of drug-likeness (QED) is 0.0653. The van der Waals surface area contributed by atoms with Gasteiger partial charge in [0, 0.05) is 74.5 Å². The lowest BCUT2D eigenvalue weighted by Gasteiger charge is -2.06. The summed E-state index contributed by atoms with van der Waals surface area (Å²) in [6.45, 7) is 11.6. The summed E-state index contributed by atoms with van der Waals surface area (Å²) in [5, 5.41) is 43.7. The van der Waals surface area contributed by atoms with E-state index < -0.39 is 81.0 Å². The average molecular weight is 1630 g/mol. The Hall–Kier alpha value is -13.8. The molecule has 32 nitrogen and oxygen atoms in total. The van der Waals surface area contributed by atoms with Gasteiger partial charge in [0.1, 0.15) is 80.2 Å². The van der Waals surface area contributed by atoms with Crippen molar-refractivity contribution in [1.29, 1.82) is 0 Å². The molecule has 0 saturated carbocycles. The molecule has 12 heterocycles. The monoisotopic (exact) mass is 1630 g/mol. The Morgan fingerprint density at radius 1 is 0.351 bits per heavy atom. The summed E-state index contributed by atoms with van der Waals surface area (Å²) in [5.41, 5.74) is 4.42. The number of carbonyl (C=O) groups is 4. The van der Waals surface area contributed by atoms with E-state index in [1.165, 1.54) is 54.9 Å². The molecule has 0 spiro atoms. The predicted molar refractivity (Wildman–Crippen MR) is 401 cm³/mol. The predicted octanol–water partition coefficient (Wildman–Crippen LogP) is 14.5. The van der Waals surface area contributed by atoms with Crippen molar-refractivity contribution < 1.29 is 68.0 Å². The first-order valence-corrected chi connectivity index (χ1v) is 36.4. The minimum atomic E-state index is -0.944. The van der Waals surface area contributed by atoms with Crippen molar-refractivity contribution in [3.05, 3.63) is 213 Å². The van der Waals surface area contributed by atoms with Gasteiger partial charge >= 0.3 is 0 Å². The van der Waals surface area contributed by atoms with Crippen LogP contribution in [0.1, 0.15) is 81.8 Å². The summed E-state index contributed by atoms with van der Waals surface area (Å²) < 4.78 is 124. The number of aryl methyl sites for hydroxylation is 11. The molecule has 0 aliphatic heterocycles. The molecule has 114 heavy (non-hydrogen) atoms. The van der Waals surface area contributed by atoms with Crippen LogP contribution in [-0.4, -0.2) is 123 Å². The molecule has 0 bridgehead atoms. The molecule has 0 atom stereocenters. The Bertz CT molecular complexity index is 6070. The van der Waals surface area contributed by atoms with Crippen molar-refractivity contribution >= 4 is 89.5 Å². The SMILES string of the molecule is Cc1nc(-c2cc(-c3cnc(NC(=O)c4c(C)cccc4F)s3)n(C)n2)no1.Cc1nc(-c2cc(-c3cnc(NC(=O)c4c(F)ccc(C)c4F)s3)n(C)n2)no1.Cc1nc(-c2cc(-c3cnc(NC(=O)c4c(F)cccc4F)s3)n(C)n2)no1.Cc1nc(-c2cc(-c3sc(NC(=O)c4c(F)cccc4F)nc3C)n(C)n2)no1. The molecule has 4 amide bonds. The van der Waals surface area contributed by atoms with Crippen LogP contribution in [0.4, 0.5) is 51.3 Å². The van der Waals surface area contributed by atoms with E-state index >= 15 is 0 Å². The van der Waals surface area contributed by atoms with Crippen LogP contribution in [-0.2, 0) is 28.2 Å². The highest BCUT2D eigenvalue weighted by Crippen LogP contribution is 2.38. The van der Waals surface area contributed by atoms with Crippen LogP contribution in [0.3, 0.4) is 0 Å². The van der Waals surface area contributed by atoms with E-state index in [0.29, 0.717) is 107 Å². The van der Waals surface area contributed by atoms with E-state index in [9.17, 15) is 49.9 Å². The topological polar surface area (TPSA) is 395 Å². The molecule has 580 valence electrons. The number of aromatic nitrogens is 20. The summed E-state index contributed by atoms with van der Waals surface area (Å²) in [6, 6.07) is 20.4. The Labute approximate surface area is 652 Å². The van der Waals surface area contributed by atoms with Crippen molar-refractivity contribution in [2.45, 2.75) is 48.5 Å². The van der Waals surface area contributed by atoms with E-state index in [-0.39, 0.29) is 26.5 Å². The number of anilines is 4. The lowest BCUT2D eigenvalue weighted by molar-refractivity contribution is 0.101. The fourth-order valence-corrected chi connectivity index (χ4v) is 14.3. The molecule has 12 aromatic heterocycles. The molecule has 4 N–H and O–H groups in total. The third-order valence-corrected chi connectivity index (χ3v) is 20.0. The zero-order valence-corrected chi connectivity index (χ0v) is 64.1. The van der Waals surface area contributed by atoms with Gasteiger partial charge in [0.15, 0.2) is 20.5 Å². The van der Waals surface area contributed by atoms with Crippen LogP contribution in [0.5, 0.6) is 0 Å². The fourth-order valence-electron chi connectivity index (χ4n) is 10.7. The second-order valence-corrected chi connectivity index (χ2v) is 28.3. The second kappa shape index (κ2) is 33.0. The van der Waals surface area contributed by atoms with Crippen LogP contribution in [0.2, 0.25) is 0 Å². The van der Waals surface area contributed by atoms with Gasteiger partial charge in [-0.3, -0.25) is 59.2 Å². The maximum Gasteiger partial charge on any atom is 0.263 e. The normalized spacial score (nSPS) is 11.0. The molecular formula is C71H55F7N24O8S4. The lowest BCUT2D eigenvalue weighted by Crippen LogP contribution is -2.16. The zero-order valence-electron chi connectivity index (χ0n) is 60.9. The number of hydrogen-bond donors (Lipinski definition) is 4. The van der Waals surface area contributed by atoms with E-state index in [0.717, 1.165) is 85.5 Å². The maximum absolute atomic E-state index is 14.2. The number of amides is 4. The van der Waals surface area contributed by atoms with Crippen LogP contribution in [0.15, 0.2) is 128 Å². The first kappa shape index (κ1) is 78.3. The van der Waals surface area contributed by atoms with Crippen LogP contribution >= 0.6 is 45.3 Å². The largest absolute Gasteiger partial charge is 0.339 e. The van der Waals surface area contributed by atoms with E-state index in [4.69, 9.17) is 18.1 Å². The van der Waals surface area contributed by atoms with E-state index in [1.807, 2.05) is 6.07 Å². The molecule has 0 saturated heterocycles. The number of thiazole rings is 4. The second-order valence-electron chi connectivity index (χ2n) is 24.2. The van der Waals surface area contributed by atoms with Gasteiger partial charge in [-0.2, -0.15) is 40.3 Å². The molecule has 43 heteroatoms. The summed E-state index contributed by atoms with van der Waals surface area (Å²) in [5.74, 6) is -6.26. The molecule has 0 fully saturated rings. The minimum Gasteiger partial charge on any atom is -0.339 e. The van der Waals surface area contributed by atoms with Gasteiger partial charge in [-0.1, -0.05) is 96.3 Å². The first-order valence-electron chi connectivity index (χ1n) is 33.1. The molecule has 4 aromatic carbocycles. The molecule has 0 aliphatic carbocycles. The fraction of sp³-hybridized carbons (Fsp3) is 0.155. The van der Waals surface area contributed by atoms with Crippen molar-refractivity contribution in [1.82, 2.24) is 99.6 Å². The van der Waals surface area contributed by atoms with E-state index in [1.54, 1.807) is 125 Å². The lowest BCUT2D eigenvalue weighted by atomic mass is 10.1. The first-order chi connectivity index (χ1) is 54.5. The van der Waals surface area contributed by atoms with Gasteiger partial charge in [0.05, 0.1) is 53.5 Å². The summed E-state index contributed by atoms with van der Waals surface area (Å²) in [4.78, 5) is 85.5. The molecule has 16 aromatic rings. The highest BCUT2D eigenvalue weighted by atomic mass is 32.1. The van der Waals surface area contributed by atoms with Crippen molar-refractivity contribution in [3.8, 4) is 88.4 Å². The van der Waals surface area contributed by atoms with Crippen molar-refractivity contribution in [2.75, 3.05) is 21.3 Å². The van der Waals surface area contributed by atoms with Crippen LogP contribution in [0.25, 0.3) is 88.4 Å². The minimum absolute atomic E-state index is 0.00884. The van der Waals surface area contributed by atoms with Crippen LogP contribution in [0, 0.1) is 89.2 Å². The summed E-state index contributed by atoms with van der Waals surface area (Å²) in [6.07, 6.45) is 4.68. The third kappa shape index (κ3) is 17.2. The number of halogens is 7. The van der Waals surface area contributed by atoms with E-state index in [2.05, 4.69) is 102 Å². The number of nitrogens with one attached hydrogen (secondary N) is 4. The van der Waals surface area contributed by atoms with Crippen molar-refractivity contribution in [2.24, 2.45) is 28.2 Å². The van der Waals surface area contributed by atoms with Crippen LogP contribution < -0.4 is 21.3 Å². The molecule has 0 aliphatic rings. The van der Waals surface area contributed by atoms with Gasteiger partial charge in [-0.05, 0) is 92.6 Å². The Morgan fingerprint density at radius 2 is 0.658 bits per heavy atom. The number of hydrogen-bond acceptors (Lipinski definition) is 28. The summed E-state index contributed by atoms with van der Waals surface area (Å²) >= 11 is 4.70. The number of carbonyl (C=O) groups excluding carboxylic acids is 4. The summed E-state index contributed by atoms with van der Waals surface area (Å²) in [7, 11) is 7.00. The van der Waals surface area contributed by atoms with Gasteiger partial charge in [-0.25, -0.2) is 50.7 Å². The van der Waals surface area contributed by atoms with Gasteiger partial charge in [0.2, 0.25) is 46.9 Å². The van der Waals surface area contributed by atoms with Crippen molar-refractivity contribution in [3.63, 3.8) is 0 Å². The number of rotatable bonds is 16. The Kier molecular flexibility index (Phi) is 22.7. The van der Waals surface area contributed by atoms with Gasteiger partial charge in [-0.15, -0.1) is 0 Å². The molecule has 0 radical (unpaired) electrons. The number of benzene rings is 4. The third-order valence-electron chi connectivity index (χ3n) is 16.1. The zero-order chi connectivity index (χ0) is 81.1. The van der Waals surface area contributed by atoms with Gasteiger partial charge in [0.25, 0.3) is 23.6 Å². The Balaban J connectivity index is 0.000000133. The smallest absolute Gasteiger partial charge is 0.263 e. The Morgan fingerprint density at radius 3 is 1.01 bits per heavy atom. The molecule has 16 rings (SSSR count). The van der Waals surface area contributed by atoms with Gasteiger partial charge < -0.3 is 18.1 Å². The highest BCUT2D eigenvalue weighted by molar-refractivity contribution is 7.20. The number of nitrogens with zero attached hydrogens (tertiary/aromatic N) is 20. The average Bonchev–Trinajstić information content (AvgIpc) is 1.69. The standard InChI is InChI=1S/2C18H14F2N6O2S.C18H15FN6O2S.C17H12F2N6O2S/c1-8-4-5-10(19)14(15(8)20)17(27)23-18-21-7-13(29-18)12-6-11(24-26(12)3)16-22-9(2)28-25-16;1-8-15(13-7-12(24-26(13)3)16-22-9(2)28-25-16)29-18(21-8)23-17(27)14-10(19)5-4-6-11(14)20;1-9-5-4-6-11(19)15(9)17(26)22-18-20-8-14(28-18)13-7-12(23-25(13)3)16-21-10(2)27-24-16;1-8-21-15(24-27-8)11-6-12(25(2)23-11)13-7-20-17(28-13)22-16(26)14-9(18)4-3-5-10(14)19/h2*4-7H,1-3H3,(H,21,23,27);4-8H,1-3H3,(H,20,22,26);3-7H,1-2H3,(H,20,22,26). The maximum atomic E-state index is 14.2. The highest BCUT2D eigenvalue weighted by Gasteiger charge is 2.27.